The number of hydrazone groups is 1. The standard InChI is InChI=1S/C22H17Cl2N3O/c23-21-5-2-6-22(24)20(21)14-27-26-13-18-3-1-4-19(11-18)28-15-17-9-7-16(12-25)8-10-17/h1-11,13,27H,14-15H2/b26-13+. The van der Waals surface area contributed by atoms with Gasteiger partial charge in [-0.2, -0.15) is 10.4 Å². The normalized spacial score (nSPS) is 10.6. The molecule has 0 aliphatic rings. The minimum absolute atomic E-state index is 0.426. The van der Waals surface area contributed by atoms with Gasteiger partial charge in [0.05, 0.1) is 24.4 Å². The van der Waals surface area contributed by atoms with Crippen LogP contribution in [0.1, 0.15) is 22.3 Å². The Labute approximate surface area is 174 Å². The fraction of sp³-hybridized carbons (Fsp3) is 0.0909. The van der Waals surface area contributed by atoms with E-state index in [0.29, 0.717) is 28.8 Å². The predicted octanol–water partition coefficient (Wildman–Crippen LogP) is 5.57. The minimum Gasteiger partial charge on any atom is -0.489 e. The van der Waals surface area contributed by atoms with Crippen LogP contribution in [0.25, 0.3) is 0 Å². The summed E-state index contributed by atoms with van der Waals surface area (Å²) in [6.45, 7) is 0.861. The first-order valence-corrected chi connectivity index (χ1v) is 9.32. The third kappa shape index (κ3) is 5.50. The van der Waals surface area contributed by atoms with Crippen molar-refractivity contribution < 1.29 is 4.74 Å². The average molecular weight is 410 g/mol. The number of benzene rings is 3. The molecule has 0 aromatic heterocycles. The van der Waals surface area contributed by atoms with Gasteiger partial charge in [0.25, 0.3) is 0 Å². The van der Waals surface area contributed by atoms with Crippen molar-refractivity contribution in [1.29, 1.82) is 5.26 Å². The highest BCUT2D eigenvalue weighted by Gasteiger charge is 2.04. The molecule has 3 rings (SSSR count). The molecule has 0 heterocycles. The van der Waals surface area contributed by atoms with Crippen LogP contribution < -0.4 is 10.2 Å². The molecule has 0 saturated carbocycles. The average Bonchev–Trinajstić information content (AvgIpc) is 2.72. The molecule has 0 aliphatic heterocycles. The highest BCUT2D eigenvalue weighted by atomic mass is 35.5. The molecule has 140 valence electrons. The number of nitrogens with zero attached hydrogens (tertiary/aromatic N) is 2. The van der Waals surface area contributed by atoms with Crippen molar-refractivity contribution in [2.24, 2.45) is 5.10 Å². The van der Waals surface area contributed by atoms with Crippen LogP contribution in [-0.4, -0.2) is 6.21 Å². The topological polar surface area (TPSA) is 57.4 Å². The van der Waals surface area contributed by atoms with E-state index in [1.165, 1.54) is 0 Å². The molecule has 4 nitrogen and oxygen atoms in total. The molecule has 28 heavy (non-hydrogen) atoms. The summed E-state index contributed by atoms with van der Waals surface area (Å²) in [6.07, 6.45) is 1.71. The first-order valence-electron chi connectivity index (χ1n) is 8.56. The number of hydrogen-bond donors (Lipinski definition) is 1. The number of ether oxygens (including phenoxy) is 1. The van der Waals surface area contributed by atoms with Crippen molar-refractivity contribution in [1.82, 2.24) is 5.43 Å². The molecular weight excluding hydrogens is 393 g/mol. The molecule has 0 saturated heterocycles. The maximum absolute atomic E-state index is 8.84. The Morgan fingerprint density at radius 2 is 1.71 bits per heavy atom. The zero-order chi connectivity index (χ0) is 19.8. The summed E-state index contributed by atoms with van der Waals surface area (Å²) >= 11 is 12.3. The Bertz CT molecular complexity index is 991. The summed E-state index contributed by atoms with van der Waals surface area (Å²) in [7, 11) is 0. The summed E-state index contributed by atoms with van der Waals surface area (Å²) in [4.78, 5) is 0. The van der Waals surface area contributed by atoms with E-state index in [9.17, 15) is 0 Å². The van der Waals surface area contributed by atoms with Gasteiger partial charge in [-0.1, -0.05) is 53.5 Å². The second-order valence-electron chi connectivity index (χ2n) is 5.96. The fourth-order valence-corrected chi connectivity index (χ4v) is 3.00. The van der Waals surface area contributed by atoms with Gasteiger partial charge in [0.1, 0.15) is 12.4 Å². The van der Waals surface area contributed by atoms with Gasteiger partial charge in [-0.05, 0) is 47.5 Å². The Balaban J connectivity index is 1.55. The molecule has 0 unspecified atom stereocenters. The van der Waals surface area contributed by atoms with E-state index in [4.69, 9.17) is 33.2 Å². The molecule has 0 radical (unpaired) electrons. The van der Waals surface area contributed by atoms with E-state index in [1.54, 1.807) is 36.5 Å². The lowest BCUT2D eigenvalue weighted by atomic mass is 10.1. The molecule has 0 bridgehead atoms. The molecular formula is C22H17Cl2N3O. The summed E-state index contributed by atoms with van der Waals surface area (Å²) < 4.78 is 5.81. The van der Waals surface area contributed by atoms with Crippen LogP contribution in [-0.2, 0) is 13.2 Å². The van der Waals surface area contributed by atoms with Crippen LogP contribution in [0.2, 0.25) is 10.0 Å². The lowest BCUT2D eigenvalue weighted by molar-refractivity contribution is 0.306. The molecule has 0 spiro atoms. The zero-order valence-corrected chi connectivity index (χ0v) is 16.4. The van der Waals surface area contributed by atoms with Crippen molar-refractivity contribution in [3.63, 3.8) is 0 Å². The third-order valence-electron chi connectivity index (χ3n) is 3.97. The van der Waals surface area contributed by atoms with E-state index < -0.39 is 0 Å². The maximum atomic E-state index is 8.84. The molecule has 3 aromatic carbocycles. The minimum atomic E-state index is 0.426. The van der Waals surface area contributed by atoms with Crippen molar-refractivity contribution in [3.8, 4) is 11.8 Å². The van der Waals surface area contributed by atoms with Crippen molar-refractivity contribution in [3.05, 3.63) is 99.0 Å². The van der Waals surface area contributed by atoms with Crippen LogP contribution in [0.15, 0.2) is 71.8 Å². The first kappa shape index (κ1) is 19.8. The maximum Gasteiger partial charge on any atom is 0.120 e. The van der Waals surface area contributed by atoms with E-state index in [0.717, 1.165) is 22.4 Å². The Morgan fingerprint density at radius 1 is 1.00 bits per heavy atom. The van der Waals surface area contributed by atoms with E-state index in [2.05, 4.69) is 16.6 Å². The van der Waals surface area contributed by atoms with Crippen molar-refractivity contribution >= 4 is 29.4 Å². The lowest BCUT2D eigenvalue weighted by Gasteiger charge is -2.07. The van der Waals surface area contributed by atoms with Gasteiger partial charge in [0.15, 0.2) is 0 Å². The van der Waals surface area contributed by atoms with E-state index in [1.807, 2.05) is 36.4 Å². The monoisotopic (exact) mass is 409 g/mol. The van der Waals surface area contributed by atoms with Gasteiger partial charge < -0.3 is 10.2 Å². The SMILES string of the molecule is N#Cc1ccc(COc2cccc(/C=N/NCc3c(Cl)cccc3Cl)c2)cc1. The predicted molar refractivity (Wildman–Crippen MR) is 113 cm³/mol. The largest absolute Gasteiger partial charge is 0.489 e. The number of rotatable bonds is 7. The fourth-order valence-electron chi connectivity index (χ4n) is 2.47. The van der Waals surface area contributed by atoms with Crippen LogP contribution >= 0.6 is 23.2 Å². The molecule has 0 atom stereocenters. The van der Waals surface area contributed by atoms with Gasteiger partial charge in [0.2, 0.25) is 0 Å². The zero-order valence-electron chi connectivity index (χ0n) is 14.9. The molecule has 0 amide bonds. The highest BCUT2D eigenvalue weighted by molar-refractivity contribution is 6.35. The molecule has 0 fully saturated rings. The number of nitrogens with one attached hydrogen (secondary N) is 1. The highest BCUT2D eigenvalue weighted by Crippen LogP contribution is 2.23. The number of halogens is 2. The van der Waals surface area contributed by atoms with Gasteiger partial charge in [0, 0.05) is 15.6 Å². The Hall–Kier alpha value is -3.00. The molecule has 6 heteroatoms. The second kappa shape index (κ2) is 9.80. The smallest absolute Gasteiger partial charge is 0.120 e. The van der Waals surface area contributed by atoms with Crippen molar-refractivity contribution in [2.75, 3.05) is 0 Å². The van der Waals surface area contributed by atoms with Crippen molar-refractivity contribution in [2.45, 2.75) is 13.2 Å². The van der Waals surface area contributed by atoms with Crippen LogP contribution in [0.4, 0.5) is 0 Å². The number of nitriles is 1. The van der Waals surface area contributed by atoms with Gasteiger partial charge in [-0.15, -0.1) is 0 Å². The first-order chi connectivity index (χ1) is 13.7. The van der Waals surface area contributed by atoms with E-state index in [-0.39, 0.29) is 0 Å². The van der Waals surface area contributed by atoms with Crippen LogP contribution in [0, 0.1) is 11.3 Å². The summed E-state index contributed by atoms with van der Waals surface area (Å²) in [6, 6.07) is 22.4. The lowest BCUT2D eigenvalue weighted by Crippen LogP contribution is -2.06. The third-order valence-corrected chi connectivity index (χ3v) is 4.68. The van der Waals surface area contributed by atoms with E-state index >= 15 is 0 Å². The van der Waals surface area contributed by atoms with Gasteiger partial charge in [-0.3, -0.25) is 0 Å². The van der Waals surface area contributed by atoms with Gasteiger partial charge in [-0.25, -0.2) is 0 Å². The molecule has 1 N–H and O–H groups in total. The summed E-state index contributed by atoms with van der Waals surface area (Å²) in [5, 5.41) is 14.3. The summed E-state index contributed by atoms with van der Waals surface area (Å²) in [5.41, 5.74) is 6.29. The number of hydrogen-bond acceptors (Lipinski definition) is 4. The Morgan fingerprint density at radius 3 is 2.43 bits per heavy atom. The van der Waals surface area contributed by atoms with Gasteiger partial charge >= 0.3 is 0 Å². The van der Waals surface area contributed by atoms with Crippen LogP contribution in [0.5, 0.6) is 5.75 Å². The molecule has 3 aromatic rings. The van der Waals surface area contributed by atoms with Crippen LogP contribution in [0.3, 0.4) is 0 Å². The quantitative estimate of drug-likeness (QED) is 0.409. The summed E-state index contributed by atoms with van der Waals surface area (Å²) in [5.74, 6) is 0.738. The second-order valence-corrected chi connectivity index (χ2v) is 6.78. The Kier molecular flexibility index (Phi) is 6.91. The molecule has 0 aliphatic carbocycles.